The fourth-order valence-electron chi connectivity index (χ4n) is 2.63. The maximum absolute atomic E-state index is 11.0. The van der Waals surface area contributed by atoms with Crippen molar-refractivity contribution in [1.29, 1.82) is 0 Å². The van der Waals surface area contributed by atoms with E-state index in [0.717, 1.165) is 35.9 Å². The molecular weight excluding hydrogens is 216 g/mol. The Hall–Kier alpha value is -1.81. The van der Waals surface area contributed by atoms with E-state index in [-0.39, 0.29) is 6.04 Å². The molecule has 4 heteroatoms. The van der Waals surface area contributed by atoms with Gasteiger partial charge in [0.15, 0.2) is 0 Å². The van der Waals surface area contributed by atoms with Crippen LogP contribution < -0.4 is 5.73 Å². The molecule has 0 saturated heterocycles. The third-order valence-electron chi connectivity index (χ3n) is 3.50. The first-order chi connectivity index (χ1) is 8.16. The van der Waals surface area contributed by atoms with Gasteiger partial charge in [0.25, 0.3) is 0 Å². The van der Waals surface area contributed by atoms with Gasteiger partial charge in [-0.1, -0.05) is 0 Å². The van der Waals surface area contributed by atoms with Crippen LogP contribution in [0.15, 0.2) is 18.2 Å². The van der Waals surface area contributed by atoms with Crippen LogP contribution in [0.3, 0.4) is 0 Å². The normalized spacial score (nSPS) is 19.2. The van der Waals surface area contributed by atoms with Gasteiger partial charge < -0.3 is 15.8 Å². The maximum atomic E-state index is 11.0. The Kier molecular flexibility index (Phi) is 2.19. The zero-order valence-corrected chi connectivity index (χ0v) is 9.36. The van der Waals surface area contributed by atoms with Crippen LogP contribution in [-0.4, -0.2) is 16.1 Å². The van der Waals surface area contributed by atoms with Crippen LogP contribution in [0.2, 0.25) is 0 Å². The minimum Gasteiger partial charge on any atom is -0.478 e. The van der Waals surface area contributed by atoms with Crippen molar-refractivity contribution < 1.29 is 9.90 Å². The van der Waals surface area contributed by atoms with Gasteiger partial charge in [0.05, 0.1) is 5.56 Å². The minimum absolute atomic E-state index is 0.0550. The highest BCUT2D eigenvalue weighted by Crippen LogP contribution is 2.33. The standard InChI is InChI=1S/C13H14N2O2/c14-10-3-1-2-8-9-6-7(13(16)17)4-5-11(9)15-12(8)10/h4-6,10,15H,1-3,14H2,(H,16,17). The first kappa shape index (κ1) is 10.4. The summed E-state index contributed by atoms with van der Waals surface area (Å²) in [5.74, 6) is -0.887. The van der Waals surface area contributed by atoms with Crippen LogP contribution in [0.4, 0.5) is 0 Å². The topological polar surface area (TPSA) is 79.1 Å². The number of fused-ring (bicyclic) bond motifs is 3. The van der Waals surface area contributed by atoms with Crippen molar-refractivity contribution in [2.75, 3.05) is 0 Å². The van der Waals surface area contributed by atoms with Crippen molar-refractivity contribution in [3.8, 4) is 0 Å². The van der Waals surface area contributed by atoms with E-state index >= 15 is 0 Å². The van der Waals surface area contributed by atoms with Crippen molar-refractivity contribution in [3.63, 3.8) is 0 Å². The highest BCUT2D eigenvalue weighted by Gasteiger charge is 2.21. The van der Waals surface area contributed by atoms with Gasteiger partial charge in [-0.05, 0) is 43.0 Å². The molecule has 0 aliphatic heterocycles. The van der Waals surface area contributed by atoms with Crippen molar-refractivity contribution >= 4 is 16.9 Å². The number of aryl methyl sites for hydroxylation is 1. The molecule has 4 N–H and O–H groups in total. The van der Waals surface area contributed by atoms with E-state index in [1.807, 2.05) is 6.07 Å². The number of nitrogens with two attached hydrogens (primary N) is 1. The van der Waals surface area contributed by atoms with Gasteiger partial charge in [0, 0.05) is 22.6 Å². The predicted molar refractivity (Wildman–Crippen MR) is 65.1 cm³/mol. The predicted octanol–water partition coefficient (Wildman–Crippen LogP) is 2.20. The van der Waals surface area contributed by atoms with E-state index in [1.165, 1.54) is 5.56 Å². The first-order valence-corrected chi connectivity index (χ1v) is 5.80. The molecule has 0 spiro atoms. The van der Waals surface area contributed by atoms with Gasteiger partial charge in [0.2, 0.25) is 0 Å². The highest BCUT2D eigenvalue weighted by molar-refractivity contribution is 5.95. The molecule has 4 nitrogen and oxygen atoms in total. The number of aromatic carboxylic acids is 1. The number of H-pyrrole nitrogens is 1. The van der Waals surface area contributed by atoms with Crippen LogP contribution in [0.25, 0.3) is 10.9 Å². The Bertz CT molecular complexity index is 601. The van der Waals surface area contributed by atoms with Crippen LogP contribution in [0.5, 0.6) is 0 Å². The average Bonchev–Trinajstić information content (AvgIpc) is 2.68. The van der Waals surface area contributed by atoms with E-state index in [0.29, 0.717) is 5.56 Å². The minimum atomic E-state index is -0.887. The number of benzene rings is 1. The van der Waals surface area contributed by atoms with Crippen LogP contribution in [0, 0.1) is 0 Å². The Labute approximate surface area is 98.4 Å². The highest BCUT2D eigenvalue weighted by atomic mass is 16.4. The lowest BCUT2D eigenvalue weighted by molar-refractivity contribution is 0.0697. The number of carboxylic acid groups (broad SMARTS) is 1. The van der Waals surface area contributed by atoms with E-state index in [4.69, 9.17) is 10.8 Å². The second-order valence-corrected chi connectivity index (χ2v) is 4.58. The number of aromatic nitrogens is 1. The Morgan fingerprint density at radius 1 is 1.47 bits per heavy atom. The Morgan fingerprint density at radius 3 is 3.06 bits per heavy atom. The third kappa shape index (κ3) is 1.52. The van der Waals surface area contributed by atoms with E-state index < -0.39 is 5.97 Å². The second-order valence-electron chi connectivity index (χ2n) is 4.58. The molecule has 0 fully saturated rings. The summed E-state index contributed by atoms with van der Waals surface area (Å²) in [6, 6.07) is 5.24. The van der Waals surface area contributed by atoms with Crippen molar-refractivity contribution in [1.82, 2.24) is 4.98 Å². The number of nitrogens with one attached hydrogen (secondary N) is 1. The maximum Gasteiger partial charge on any atom is 0.335 e. The lowest BCUT2D eigenvalue weighted by Crippen LogP contribution is -2.16. The Morgan fingerprint density at radius 2 is 2.29 bits per heavy atom. The van der Waals surface area contributed by atoms with E-state index in [1.54, 1.807) is 12.1 Å². The number of rotatable bonds is 1. The zero-order valence-electron chi connectivity index (χ0n) is 9.36. The summed E-state index contributed by atoms with van der Waals surface area (Å²) in [5.41, 5.74) is 9.65. The quantitative estimate of drug-likeness (QED) is 0.702. The fraction of sp³-hybridized carbons (Fsp3) is 0.308. The summed E-state index contributed by atoms with van der Waals surface area (Å²) in [6.07, 6.45) is 3.04. The van der Waals surface area contributed by atoms with Crippen molar-refractivity contribution in [2.24, 2.45) is 5.73 Å². The zero-order chi connectivity index (χ0) is 12.0. The van der Waals surface area contributed by atoms with Crippen LogP contribution in [0.1, 0.15) is 40.5 Å². The molecular formula is C13H14N2O2. The fourth-order valence-corrected chi connectivity index (χ4v) is 2.63. The number of carboxylic acids is 1. The van der Waals surface area contributed by atoms with Gasteiger partial charge in [0.1, 0.15) is 0 Å². The lowest BCUT2D eigenvalue weighted by Gasteiger charge is -2.18. The summed E-state index contributed by atoms with van der Waals surface area (Å²) in [7, 11) is 0. The van der Waals surface area contributed by atoms with Gasteiger partial charge >= 0.3 is 5.97 Å². The number of aromatic amines is 1. The molecule has 0 amide bonds. The molecule has 1 aromatic heterocycles. The van der Waals surface area contributed by atoms with Gasteiger partial charge in [-0.2, -0.15) is 0 Å². The summed E-state index contributed by atoms with van der Waals surface area (Å²) < 4.78 is 0. The molecule has 1 atom stereocenters. The smallest absolute Gasteiger partial charge is 0.335 e. The molecule has 2 aromatic rings. The van der Waals surface area contributed by atoms with Gasteiger partial charge in [-0.3, -0.25) is 0 Å². The third-order valence-corrected chi connectivity index (χ3v) is 3.50. The molecule has 0 radical (unpaired) electrons. The molecule has 1 heterocycles. The number of carbonyl (C=O) groups is 1. The molecule has 1 aliphatic carbocycles. The summed E-state index contributed by atoms with van der Waals surface area (Å²) >= 11 is 0. The van der Waals surface area contributed by atoms with Gasteiger partial charge in [-0.15, -0.1) is 0 Å². The van der Waals surface area contributed by atoms with Crippen molar-refractivity contribution in [2.45, 2.75) is 25.3 Å². The monoisotopic (exact) mass is 230 g/mol. The summed E-state index contributed by atoms with van der Waals surface area (Å²) in [5, 5.41) is 10.0. The molecule has 3 rings (SSSR count). The lowest BCUT2D eigenvalue weighted by atomic mass is 9.92. The molecule has 17 heavy (non-hydrogen) atoms. The van der Waals surface area contributed by atoms with Crippen LogP contribution >= 0.6 is 0 Å². The average molecular weight is 230 g/mol. The largest absolute Gasteiger partial charge is 0.478 e. The first-order valence-electron chi connectivity index (χ1n) is 5.80. The molecule has 1 aliphatic rings. The van der Waals surface area contributed by atoms with E-state index in [2.05, 4.69) is 4.98 Å². The molecule has 0 saturated carbocycles. The Balaban J connectivity index is 2.25. The van der Waals surface area contributed by atoms with E-state index in [9.17, 15) is 4.79 Å². The van der Waals surface area contributed by atoms with Crippen LogP contribution in [-0.2, 0) is 6.42 Å². The summed E-state index contributed by atoms with van der Waals surface area (Å²) in [6.45, 7) is 0. The second kappa shape index (κ2) is 3.60. The summed E-state index contributed by atoms with van der Waals surface area (Å²) in [4.78, 5) is 14.3. The molecule has 0 bridgehead atoms. The SMILES string of the molecule is NC1CCCc2c1[nH]c1ccc(C(=O)O)cc21. The van der Waals surface area contributed by atoms with Gasteiger partial charge in [-0.25, -0.2) is 4.79 Å². The van der Waals surface area contributed by atoms with Crippen molar-refractivity contribution in [3.05, 3.63) is 35.0 Å². The number of hydrogen-bond donors (Lipinski definition) is 3. The molecule has 1 aromatic carbocycles. The molecule has 1 unspecified atom stereocenters. The number of hydrogen-bond acceptors (Lipinski definition) is 2. The molecule has 88 valence electrons.